The molecule has 0 bridgehead atoms. The average Bonchev–Trinajstić information content (AvgIpc) is 3.19. The van der Waals surface area contributed by atoms with E-state index in [9.17, 15) is 18.0 Å². The molecule has 2 fully saturated rings. The van der Waals surface area contributed by atoms with Gasteiger partial charge in [0, 0.05) is 30.1 Å². The molecule has 1 aromatic carbocycles. The van der Waals surface area contributed by atoms with Crippen molar-refractivity contribution in [1.29, 1.82) is 0 Å². The minimum atomic E-state index is -3.80. The van der Waals surface area contributed by atoms with Gasteiger partial charge in [-0.05, 0) is 49.5 Å². The Morgan fingerprint density at radius 1 is 1.14 bits per heavy atom. The zero-order chi connectivity index (χ0) is 20.1. The Labute approximate surface area is 170 Å². The maximum absolute atomic E-state index is 12.7. The van der Waals surface area contributed by atoms with E-state index >= 15 is 0 Å². The first-order chi connectivity index (χ1) is 13.3. The van der Waals surface area contributed by atoms with Gasteiger partial charge in [0.05, 0.1) is 6.54 Å². The van der Waals surface area contributed by atoms with E-state index in [0.717, 1.165) is 31.3 Å². The van der Waals surface area contributed by atoms with Crippen molar-refractivity contribution in [3.8, 4) is 0 Å². The van der Waals surface area contributed by atoms with Gasteiger partial charge in [-0.3, -0.25) is 9.59 Å². The van der Waals surface area contributed by atoms with Gasteiger partial charge in [0.15, 0.2) is 0 Å². The van der Waals surface area contributed by atoms with Crippen molar-refractivity contribution in [2.24, 2.45) is 0 Å². The quantitative estimate of drug-likeness (QED) is 0.753. The van der Waals surface area contributed by atoms with E-state index in [-0.39, 0.29) is 18.4 Å². The molecule has 2 saturated heterocycles. The van der Waals surface area contributed by atoms with Gasteiger partial charge in [0.1, 0.15) is 6.04 Å². The van der Waals surface area contributed by atoms with E-state index in [1.165, 1.54) is 11.0 Å². The molecule has 0 aliphatic carbocycles. The Morgan fingerprint density at radius 3 is 2.50 bits per heavy atom. The summed E-state index contributed by atoms with van der Waals surface area (Å²) < 4.78 is 27.1. The van der Waals surface area contributed by atoms with Crippen LogP contribution in [0.4, 0.5) is 0 Å². The summed E-state index contributed by atoms with van der Waals surface area (Å²) in [5.74, 6) is -0.417. The number of nitrogens with one attached hydrogen (secondary N) is 1. The predicted molar refractivity (Wildman–Crippen MR) is 108 cm³/mol. The van der Waals surface area contributed by atoms with E-state index in [1.54, 1.807) is 29.2 Å². The fourth-order valence-electron chi connectivity index (χ4n) is 3.42. The Morgan fingerprint density at radius 2 is 1.82 bits per heavy atom. The smallest absolute Gasteiger partial charge is 0.242 e. The van der Waals surface area contributed by atoms with Crippen LogP contribution in [-0.4, -0.2) is 62.3 Å². The molecule has 2 heterocycles. The van der Waals surface area contributed by atoms with Crippen LogP contribution in [0.5, 0.6) is 0 Å². The van der Waals surface area contributed by atoms with E-state index in [2.05, 4.69) is 4.72 Å². The monoisotopic (exact) mass is 425 g/mol. The molecule has 1 N–H and O–H groups in total. The fraction of sp³-hybridized carbons (Fsp3) is 0.474. The third-order valence-electron chi connectivity index (χ3n) is 4.93. The molecule has 28 heavy (non-hydrogen) atoms. The van der Waals surface area contributed by atoms with Crippen molar-refractivity contribution in [1.82, 2.24) is 14.5 Å². The third kappa shape index (κ3) is 5.56. The lowest BCUT2D eigenvalue weighted by Gasteiger charge is -2.32. The van der Waals surface area contributed by atoms with Gasteiger partial charge < -0.3 is 9.80 Å². The molecular weight excluding hydrogens is 402 g/mol. The molecule has 0 aromatic heterocycles. The second-order valence-electron chi connectivity index (χ2n) is 7.06. The molecule has 1 aromatic rings. The van der Waals surface area contributed by atoms with E-state index < -0.39 is 16.1 Å². The first-order valence-electron chi connectivity index (χ1n) is 9.37. The number of halogens is 1. The summed E-state index contributed by atoms with van der Waals surface area (Å²) in [6.45, 7) is 1.94. The van der Waals surface area contributed by atoms with Crippen molar-refractivity contribution < 1.29 is 18.0 Å². The molecule has 9 heteroatoms. The molecule has 152 valence electrons. The summed E-state index contributed by atoms with van der Waals surface area (Å²) in [5, 5.41) is 1.60. The van der Waals surface area contributed by atoms with Crippen LogP contribution in [0.3, 0.4) is 0 Å². The van der Waals surface area contributed by atoms with Gasteiger partial charge in [-0.25, -0.2) is 8.42 Å². The zero-order valence-electron chi connectivity index (χ0n) is 15.5. The maximum Gasteiger partial charge on any atom is 0.242 e. The minimum Gasteiger partial charge on any atom is -0.341 e. The molecule has 0 spiro atoms. The summed E-state index contributed by atoms with van der Waals surface area (Å²) in [7, 11) is -3.80. The summed E-state index contributed by atoms with van der Waals surface area (Å²) >= 11 is 5.81. The molecule has 3 rings (SSSR count). The second kappa shape index (κ2) is 9.07. The average molecular weight is 426 g/mol. The second-order valence-corrected chi connectivity index (χ2v) is 9.09. The van der Waals surface area contributed by atoms with Gasteiger partial charge in [0.25, 0.3) is 0 Å². The maximum atomic E-state index is 12.7. The van der Waals surface area contributed by atoms with Crippen LogP contribution in [0.15, 0.2) is 29.7 Å². The van der Waals surface area contributed by atoms with Gasteiger partial charge >= 0.3 is 0 Å². The lowest BCUT2D eigenvalue weighted by atomic mass is 10.1. The molecule has 0 radical (unpaired) electrons. The highest BCUT2D eigenvalue weighted by Crippen LogP contribution is 2.16. The van der Waals surface area contributed by atoms with Crippen molar-refractivity contribution in [2.45, 2.75) is 31.7 Å². The van der Waals surface area contributed by atoms with Crippen LogP contribution in [0, 0.1) is 0 Å². The number of hydrogen-bond acceptors (Lipinski definition) is 4. The van der Waals surface area contributed by atoms with Crippen molar-refractivity contribution in [2.75, 3.05) is 26.2 Å². The van der Waals surface area contributed by atoms with Crippen molar-refractivity contribution in [3.63, 3.8) is 0 Å². The number of carbonyl (C=O) groups is 2. The highest BCUT2D eigenvalue weighted by atomic mass is 35.5. The number of likely N-dealkylation sites (tertiary alicyclic amines) is 2. The highest BCUT2D eigenvalue weighted by Gasteiger charge is 2.33. The summed E-state index contributed by atoms with van der Waals surface area (Å²) in [6.07, 6.45) is 4.49. The highest BCUT2D eigenvalue weighted by molar-refractivity contribution is 7.92. The third-order valence-corrected chi connectivity index (χ3v) is 6.29. The zero-order valence-corrected chi connectivity index (χ0v) is 17.1. The minimum absolute atomic E-state index is 0.0116. The SMILES string of the molecule is O=C(CN1CCC[C@H](NS(=O)(=O)C=Cc2ccc(Cl)cc2)C1=O)N1CCCC1. The molecular formula is C19H24ClN3O4S. The van der Waals surface area contributed by atoms with E-state index in [4.69, 9.17) is 11.6 Å². The Kier molecular flexibility index (Phi) is 6.74. The molecule has 2 aliphatic heterocycles. The summed E-state index contributed by atoms with van der Waals surface area (Å²) in [5.41, 5.74) is 0.683. The summed E-state index contributed by atoms with van der Waals surface area (Å²) in [6, 6.07) is 5.89. The van der Waals surface area contributed by atoms with Gasteiger partial charge in [-0.2, -0.15) is 4.72 Å². The van der Waals surface area contributed by atoms with Crippen LogP contribution >= 0.6 is 11.6 Å². The number of carbonyl (C=O) groups excluding carboxylic acids is 2. The van der Waals surface area contributed by atoms with Gasteiger partial charge in [-0.1, -0.05) is 23.7 Å². The topological polar surface area (TPSA) is 86.8 Å². The standard InChI is InChI=1S/C19H24ClN3O4S/c20-16-7-5-15(6-8-16)9-13-28(26,27)21-17-4-3-12-23(19(17)25)14-18(24)22-10-1-2-11-22/h5-9,13,17,21H,1-4,10-12,14H2/t17-/m0/s1. The lowest BCUT2D eigenvalue weighted by molar-refractivity contribution is -0.142. The van der Waals surface area contributed by atoms with Crippen molar-refractivity contribution in [3.05, 3.63) is 40.3 Å². The van der Waals surface area contributed by atoms with Crippen LogP contribution in [-0.2, 0) is 19.6 Å². The van der Waals surface area contributed by atoms with Gasteiger partial charge in [0.2, 0.25) is 21.8 Å². The van der Waals surface area contributed by atoms with Crippen LogP contribution in [0.25, 0.3) is 6.08 Å². The largest absolute Gasteiger partial charge is 0.341 e. The van der Waals surface area contributed by atoms with Crippen LogP contribution in [0.1, 0.15) is 31.2 Å². The van der Waals surface area contributed by atoms with Crippen molar-refractivity contribution >= 4 is 39.5 Å². The molecule has 0 unspecified atom stereocenters. The number of nitrogens with zero attached hydrogens (tertiary/aromatic N) is 2. The first kappa shape index (κ1) is 20.8. The lowest BCUT2D eigenvalue weighted by Crippen LogP contribution is -2.54. The fourth-order valence-corrected chi connectivity index (χ4v) is 4.57. The van der Waals surface area contributed by atoms with Crippen LogP contribution in [0.2, 0.25) is 5.02 Å². The Bertz CT molecular complexity index is 848. The van der Waals surface area contributed by atoms with E-state index in [1.807, 2.05) is 0 Å². The first-order valence-corrected chi connectivity index (χ1v) is 11.3. The molecule has 1 atom stereocenters. The number of benzene rings is 1. The number of piperidine rings is 1. The molecule has 0 saturated carbocycles. The molecule has 2 amide bonds. The Hall–Kier alpha value is -1.90. The molecule has 2 aliphatic rings. The molecule has 7 nitrogen and oxygen atoms in total. The predicted octanol–water partition coefficient (Wildman–Crippen LogP) is 1.84. The number of sulfonamides is 1. The van der Waals surface area contributed by atoms with Gasteiger partial charge in [-0.15, -0.1) is 0 Å². The summed E-state index contributed by atoms with van der Waals surface area (Å²) in [4.78, 5) is 28.2. The van der Waals surface area contributed by atoms with Crippen LogP contribution < -0.4 is 4.72 Å². The number of amides is 2. The normalized spacial score (nSPS) is 20.9. The Balaban J connectivity index is 1.59. The number of hydrogen-bond donors (Lipinski definition) is 1. The number of rotatable bonds is 6. The van der Waals surface area contributed by atoms with E-state index in [0.29, 0.717) is 30.0 Å².